The fraction of sp³-hybridized carbons (Fsp3) is 0.444. The molecule has 0 aliphatic carbocycles. The van der Waals surface area contributed by atoms with Gasteiger partial charge in [-0.15, -0.1) is 0 Å². The van der Waals surface area contributed by atoms with Gasteiger partial charge >= 0.3 is 0 Å². The third kappa shape index (κ3) is 4.45. The molecule has 2 aromatic rings. The summed E-state index contributed by atoms with van der Waals surface area (Å²) >= 11 is 6.26. The van der Waals surface area contributed by atoms with Crippen molar-refractivity contribution >= 4 is 40.7 Å². The second-order valence-electron chi connectivity index (χ2n) is 9.58. The highest BCUT2D eigenvalue weighted by molar-refractivity contribution is 6.33. The quantitative estimate of drug-likeness (QED) is 0.461. The molecule has 3 aliphatic heterocycles. The summed E-state index contributed by atoms with van der Waals surface area (Å²) < 4.78 is 11.8. The van der Waals surface area contributed by atoms with Gasteiger partial charge < -0.3 is 30.1 Å². The van der Waals surface area contributed by atoms with Crippen LogP contribution in [0.3, 0.4) is 0 Å². The number of anilines is 2. The number of likely N-dealkylation sites (tertiary alicyclic amines) is 1. The number of nitrogens with one attached hydrogen (secondary N) is 2. The molecule has 196 valence electrons. The van der Waals surface area contributed by atoms with Crippen molar-refractivity contribution in [1.29, 1.82) is 0 Å². The van der Waals surface area contributed by atoms with E-state index in [0.717, 1.165) is 0 Å². The lowest BCUT2D eigenvalue weighted by molar-refractivity contribution is -0.139. The maximum atomic E-state index is 13.8. The van der Waals surface area contributed by atoms with E-state index in [4.69, 9.17) is 21.1 Å². The molecule has 2 aromatic carbocycles. The average Bonchev–Trinajstić information content (AvgIpc) is 3.53. The Bertz CT molecular complexity index is 1190. The number of aliphatic hydroxyl groups is 1. The molecule has 2 unspecified atom stereocenters. The topological polar surface area (TPSA) is 117 Å². The predicted octanol–water partition coefficient (Wildman–Crippen LogP) is 3.07. The summed E-state index contributed by atoms with van der Waals surface area (Å²) in [5.41, 5.74) is -0.106. The van der Waals surface area contributed by atoms with Crippen LogP contribution in [0.4, 0.5) is 11.4 Å². The van der Waals surface area contributed by atoms with E-state index >= 15 is 0 Å². The lowest BCUT2D eigenvalue weighted by Gasteiger charge is -2.33. The number of ether oxygens (including phenoxy) is 2. The largest absolute Gasteiger partial charge is 0.494 e. The number of aliphatic hydroxyl groups excluding tert-OH is 1. The SMILES string of the molecule is CCOc1ccc(NC(=O)[C@@H]2[C@H]3C(=O)N(CCCO)C(C(=O)Nc4ccccc4Cl)C34CC[C@H]2O4)cc1. The van der Waals surface area contributed by atoms with Gasteiger partial charge in [0.2, 0.25) is 17.7 Å². The lowest BCUT2D eigenvalue weighted by Crippen LogP contribution is -2.53. The van der Waals surface area contributed by atoms with E-state index in [9.17, 15) is 19.5 Å². The molecule has 5 atom stereocenters. The number of carbonyl (C=O) groups excluding carboxylic acids is 3. The lowest BCUT2D eigenvalue weighted by atomic mass is 9.70. The van der Waals surface area contributed by atoms with Crippen LogP contribution in [0.2, 0.25) is 5.02 Å². The van der Waals surface area contributed by atoms with Gasteiger partial charge in [0.25, 0.3) is 0 Å². The molecule has 1 spiro atoms. The number of halogens is 1. The van der Waals surface area contributed by atoms with Gasteiger partial charge in [0.1, 0.15) is 17.4 Å². The first-order valence-electron chi connectivity index (χ1n) is 12.6. The van der Waals surface area contributed by atoms with E-state index in [0.29, 0.717) is 48.0 Å². The van der Waals surface area contributed by atoms with Gasteiger partial charge in [-0.2, -0.15) is 0 Å². The number of fused-ring (bicyclic) bond motifs is 1. The first-order chi connectivity index (χ1) is 17.9. The molecule has 0 saturated carbocycles. The molecular weight excluding hydrogens is 498 g/mol. The van der Waals surface area contributed by atoms with Crippen molar-refractivity contribution in [3.05, 3.63) is 53.6 Å². The van der Waals surface area contributed by atoms with Crippen LogP contribution in [-0.4, -0.2) is 65.2 Å². The van der Waals surface area contributed by atoms with Crippen molar-refractivity contribution in [3.8, 4) is 5.75 Å². The zero-order chi connectivity index (χ0) is 26.2. The third-order valence-corrected chi connectivity index (χ3v) is 7.80. The van der Waals surface area contributed by atoms with E-state index < -0.39 is 35.5 Å². The van der Waals surface area contributed by atoms with Crippen molar-refractivity contribution in [2.24, 2.45) is 11.8 Å². The fourth-order valence-corrected chi connectivity index (χ4v) is 6.21. The number of rotatable bonds is 9. The number of benzene rings is 2. The highest BCUT2D eigenvalue weighted by Gasteiger charge is 2.74. The van der Waals surface area contributed by atoms with E-state index in [1.165, 1.54) is 4.90 Å². The summed E-state index contributed by atoms with van der Waals surface area (Å²) in [6, 6.07) is 13.0. The zero-order valence-corrected chi connectivity index (χ0v) is 21.2. The molecule has 0 radical (unpaired) electrons. The monoisotopic (exact) mass is 527 g/mol. The second-order valence-corrected chi connectivity index (χ2v) is 9.99. The van der Waals surface area contributed by atoms with E-state index in [1.807, 2.05) is 6.92 Å². The summed E-state index contributed by atoms with van der Waals surface area (Å²) in [4.78, 5) is 42.3. The zero-order valence-electron chi connectivity index (χ0n) is 20.5. The maximum absolute atomic E-state index is 13.8. The van der Waals surface area contributed by atoms with E-state index in [-0.39, 0.29) is 25.0 Å². The van der Waals surface area contributed by atoms with Crippen LogP contribution in [0.15, 0.2) is 48.5 Å². The minimum Gasteiger partial charge on any atom is -0.494 e. The smallest absolute Gasteiger partial charge is 0.250 e. The first-order valence-corrected chi connectivity index (χ1v) is 13.0. The Balaban J connectivity index is 1.42. The number of hydrogen-bond acceptors (Lipinski definition) is 6. The first kappa shape index (κ1) is 25.5. The van der Waals surface area contributed by atoms with Crippen molar-refractivity contribution in [2.75, 3.05) is 30.4 Å². The molecule has 3 N–H and O–H groups in total. The molecule has 3 heterocycles. The maximum Gasteiger partial charge on any atom is 0.250 e. The van der Waals surface area contributed by atoms with Gasteiger partial charge in [-0.3, -0.25) is 14.4 Å². The fourth-order valence-electron chi connectivity index (χ4n) is 6.03. The Morgan fingerprint density at radius 3 is 2.62 bits per heavy atom. The van der Waals surface area contributed by atoms with Crippen LogP contribution < -0.4 is 15.4 Å². The van der Waals surface area contributed by atoms with Gasteiger partial charge in [0.05, 0.1) is 35.3 Å². The van der Waals surface area contributed by atoms with Crippen molar-refractivity contribution in [2.45, 2.75) is 43.9 Å². The summed E-state index contributed by atoms with van der Waals surface area (Å²) in [5, 5.41) is 15.6. The highest BCUT2D eigenvalue weighted by Crippen LogP contribution is 2.58. The molecule has 10 heteroatoms. The number of para-hydroxylation sites is 1. The van der Waals surface area contributed by atoms with Gasteiger partial charge in [0, 0.05) is 18.8 Å². The Hall–Kier alpha value is -3.14. The van der Waals surface area contributed by atoms with Gasteiger partial charge in [0.15, 0.2) is 0 Å². The Morgan fingerprint density at radius 1 is 1.16 bits per heavy atom. The van der Waals surface area contributed by atoms with Gasteiger partial charge in [-0.25, -0.2) is 0 Å². The van der Waals surface area contributed by atoms with Crippen LogP contribution in [0.5, 0.6) is 5.75 Å². The van der Waals surface area contributed by atoms with Gasteiger partial charge in [-0.1, -0.05) is 23.7 Å². The molecule has 9 nitrogen and oxygen atoms in total. The standard InChI is InChI=1S/C27H30ClN3O6/c1-2-36-17-10-8-16(9-11-17)29-24(33)21-20-12-13-27(37-20)22(21)26(35)31(14-5-15-32)23(27)25(34)30-19-7-4-3-6-18(19)28/h3-4,6-11,20-23,32H,2,5,12-15H2,1H3,(H,29,33)(H,30,34)/t20-,21+,22+,23?,27?/m1/s1. The van der Waals surface area contributed by atoms with Crippen LogP contribution in [0.1, 0.15) is 26.2 Å². The average molecular weight is 528 g/mol. The molecule has 0 aromatic heterocycles. The number of carbonyl (C=O) groups is 3. The van der Waals surface area contributed by atoms with Crippen LogP contribution in [0.25, 0.3) is 0 Å². The Kier molecular flexibility index (Phi) is 7.11. The van der Waals surface area contributed by atoms with E-state index in [2.05, 4.69) is 10.6 Å². The van der Waals surface area contributed by atoms with Crippen LogP contribution >= 0.6 is 11.6 Å². The second kappa shape index (κ2) is 10.3. The molecule has 3 saturated heterocycles. The molecule has 2 bridgehead atoms. The normalized spacial score (nSPS) is 27.8. The Morgan fingerprint density at radius 2 is 1.92 bits per heavy atom. The third-order valence-electron chi connectivity index (χ3n) is 7.47. The molecule has 5 rings (SSSR count). The van der Waals surface area contributed by atoms with Crippen molar-refractivity contribution in [1.82, 2.24) is 4.90 Å². The summed E-state index contributed by atoms with van der Waals surface area (Å²) in [5.74, 6) is -1.88. The number of nitrogens with zero attached hydrogens (tertiary/aromatic N) is 1. The summed E-state index contributed by atoms with van der Waals surface area (Å²) in [7, 11) is 0. The van der Waals surface area contributed by atoms with Crippen molar-refractivity contribution in [3.63, 3.8) is 0 Å². The number of hydrogen-bond donors (Lipinski definition) is 3. The van der Waals surface area contributed by atoms with Crippen LogP contribution in [0, 0.1) is 11.8 Å². The predicted molar refractivity (Wildman–Crippen MR) is 137 cm³/mol. The summed E-state index contributed by atoms with van der Waals surface area (Å²) in [6.45, 7) is 2.47. The molecule has 37 heavy (non-hydrogen) atoms. The van der Waals surface area contributed by atoms with Crippen molar-refractivity contribution < 1.29 is 29.0 Å². The highest BCUT2D eigenvalue weighted by atomic mass is 35.5. The Labute approximate surface area is 220 Å². The van der Waals surface area contributed by atoms with E-state index in [1.54, 1.807) is 48.5 Å². The minimum atomic E-state index is -1.12. The molecular formula is C27H30ClN3O6. The number of amides is 3. The van der Waals surface area contributed by atoms with Crippen LogP contribution in [-0.2, 0) is 19.1 Å². The minimum absolute atomic E-state index is 0.133. The summed E-state index contributed by atoms with van der Waals surface area (Å²) in [6.07, 6.45) is 0.885. The molecule has 3 amide bonds. The van der Waals surface area contributed by atoms with Gasteiger partial charge in [-0.05, 0) is 62.6 Å². The molecule has 3 fully saturated rings. The molecule has 3 aliphatic rings.